The van der Waals surface area contributed by atoms with Crippen molar-refractivity contribution >= 4 is 5.97 Å². The molecule has 4 atom stereocenters. The van der Waals surface area contributed by atoms with Crippen molar-refractivity contribution in [3.05, 3.63) is 0 Å². The van der Waals surface area contributed by atoms with Crippen molar-refractivity contribution in [1.29, 1.82) is 0 Å². The second-order valence-electron chi connectivity index (χ2n) is 10.1. The summed E-state index contributed by atoms with van der Waals surface area (Å²) in [6, 6.07) is 0. The molecular formula is C28H56O7. The lowest BCUT2D eigenvalue weighted by atomic mass is 10.0. The Kier molecular flexibility index (Phi) is 24.4. The van der Waals surface area contributed by atoms with Crippen LogP contribution < -0.4 is 0 Å². The first kappa shape index (κ1) is 34.3. The Morgan fingerprint density at radius 3 is 1.26 bits per heavy atom. The molecule has 5 N–H and O–H groups in total. The van der Waals surface area contributed by atoms with E-state index in [1.165, 1.54) is 96.3 Å². The third-order valence-electron chi connectivity index (χ3n) is 6.74. The summed E-state index contributed by atoms with van der Waals surface area (Å²) in [5.41, 5.74) is 0. The Bertz CT molecular complexity index is 461. The van der Waals surface area contributed by atoms with E-state index in [9.17, 15) is 20.1 Å². The van der Waals surface area contributed by atoms with Crippen LogP contribution in [0.4, 0.5) is 0 Å². The Morgan fingerprint density at radius 1 is 0.571 bits per heavy atom. The van der Waals surface area contributed by atoms with Gasteiger partial charge in [0.25, 0.3) is 0 Å². The van der Waals surface area contributed by atoms with Gasteiger partial charge in [-0.15, -0.1) is 0 Å². The second-order valence-corrected chi connectivity index (χ2v) is 10.1. The highest BCUT2D eigenvalue weighted by Crippen LogP contribution is 2.16. The number of aliphatic hydroxyl groups excluding tert-OH is 5. The molecule has 7 nitrogen and oxygen atoms in total. The summed E-state index contributed by atoms with van der Waals surface area (Å²) in [5.74, 6) is -0.598. The van der Waals surface area contributed by atoms with Crippen LogP contribution in [0.3, 0.4) is 0 Å². The van der Waals surface area contributed by atoms with Gasteiger partial charge in [-0.25, -0.2) is 0 Å². The van der Waals surface area contributed by atoms with Crippen molar-refractivity contribution in [2.24, 2.45) is 0 Å². The van der Waals surface area contributed by atoms with Gasteiger partial charge in [-0.1, -0.05) is 122 Å². The van der Waals surface area contributed by atoms with Crippen LogP contribution in [0.25, 0.3) is 0 Å². The maximum atomic E-state index is 12.0. The van der Waals surface area contributed by atoms with E-state index < -0.39 is 43.6 Å². The van der Waals surface area contributed by atoms with Gasteiger partial charge in [0.15, 0.2) is 6.10 Å². The molecule has 210 valence electrons. The summed E-state index contributed by atoms with van der Waals surface area (Å²) < 4.78 is 5.05. The number of esters is 1. The zero-order valence-corrected chi connectivity index (χ0v) is 22.4. The molecule has 0 unspecified atom stereocenters. The van der Waals surface area contributed by atoms with Gasteiger partial charge in [0.2, 0.25) is 0 Å². The minimum absolute atomic E-state index is 0.148. The van der Waals surface area contributed by atoms with Gasteiger partial charge in [0, 0.05) is 6.42 Å². The quantitative estimate of drug-likeness (QED) is 0.0846. The van der Waals surface area contributed by atoms with Crippen molar-refractivity contribution < 1.29 is 35.1 Å². The van der Waals surface area contributed by atoms with Crippen LogP contribution in [-0.4, -0.2) is 69.1 Å². The van der Waals surface area contributed by atoms with E-state index in [2.05, 4.69) is 6.92 Å². The van der Waals surface area contributed by atoms with E-state index in [0.29, 0.717) is 6.42 Å². The maximum Gasteiger partial charge on any atom is 0.306 e. The topological polar surface area (TPSA) is 127 Å². The zero-order chi connectivity index (χ0) is 26.2. The number of carbonyl (C=O) groups is 1. The van der Waals surface area contributed by atoms with Crippen LogP contribution in [0.1, 0.15) is 135 Å². The third kappa shape index (κ3) is 20.1. The normalized spacial score (nSPS) is 15.0. The van der Waals surface area contributed by atoms with Gasteiger partial charge in [0.1, 0.15) is 18.3 Å². The average Bonchev–Trinajstić information content (AvgIpc) is 2.87. The molecule has 7 heteroatoms. The fraction of sp³-hybridized carbons (Fsp3) is 0.964. The predicted octanol–water partition coefficient (Wildman–Crippen LogP) is 4.79. The maximum absolute atomic E-state index is 12.0. The molecular weight excluding hydrogens is 448 g/mol. The van der Waals surface area contributed by atoms with Gasteiger partial charge in [-0.05, 0) is 6.42 Å². The van der Waals surface area contributed by atoms with Crippen LogP contribution in [-0.2, 0) is 9.53 Å². The van der Waals surface area contributed by atoms with Crippen LogP contribution in [0, 0.1) is 0 Å². The van der Waals surface area contributed by atoms with Crippen LogP contribution in [0.5, 0.6) is 0 Å². The summed E-state index contributed by atoms with van der Waals surface area (Å²) in [4.78, 5) is 12.0. The zero-order valence-electron chi connectivity index (χ0n) is 22.4. The van der Waals surface area contributed by atoms with Gasteiger partial charge in [-0.2, -0.15) is 0 Å². The predicted molar refractivity (Wildman–Crippen MR) is 140 cm³/mol. The molecule has 0 rings (SSSR count). The third-order valence-corrected chi connectivity index (χ3v) is 6.74. The first-order valence-electron chi connectivity index (χ1n) is 14.4. The molecule has 0 aromatic heterocycles. The summed E-state index contributed by atoms with van der Waals surface area (Å²) in [5, 5.41) is 47.2. The molecule has 0 saturated carbocycles. The lowest BCUT2D eigenvalue weighted by Crippen LogP contribution is -2.49. The SMILES string of the molecule is CCCCCCCCCCCCCCCCCCCCCC(=O)O[C@H]([C@@H](O)[C@@H](O)CO)[C@@H](O)CO. The van der Waals surface area contributed by atoms with Crippen LogP contribution in [0.15, 0.2) is 0 Å². The number of unbranched alkanes of at least 4 members (excludes halogenated alkanes) is 18. The molecule has 0 aliphatic rings. The van der Waals surface area contributed by atoms with Crippen molar-refractivity contribution in [2.75, 3.05) is 13.2 Å². The van der Waals surface area contributed by atoms with Crippen LogP contribution in [0.2, 0.25) is 0 Å². The van der Waals surface area contributed by atoms with Gasteiger partial charge >= 0.3 is 5.97 Å². The molecule has 0 radical (unpaired) electrons. The smallest absolute Gasteiger partial charge is 0.306 e. The molecule has 0 amide bonds. The van der Waals surface area contributed by atoms with E-state index in [-0.39, 0.29) is 6.42 Å². The molecule has 0 saturated heterocycles. The van der Waals surface area contributed by atoms with Gasteiger partial charge in [-0.3, -0.25) is 4.79 Å². The van der Waals surface area contributed by atoms with Crippen molar-refractivity contribution in [1.82, 2.24) is 0 Å². The molecule has 0 heterocycles. The Hall–Kier alpha value is -0.730. The first-order valence-corrected chi connectivity index (χ1v) is 14.4. The molecule has 0 aliphatic heterocycles. The Balaban J connectivity index is 3.54. The summed E-state index contributed by atoms with van der Waals surface area (Å²) in [6.45, 7) is 0.792. The van der Waals surface area contributed by atoms with Crippen LogP contribution >= 0.6 is 0 Å². The number of carbonyl (C=O) groups excluding carboxylic acids is 1. The van der Waals surface area contributed by atoms with Crippen molar-refractivity contribution in [2.45, 2.75) is 160 Å². The van der Waals surface area contributed by atoms with E-state index >= 15 is 0 Å². The van der Waals surface area contributed by atoms with E-state index in [1.54, 1.807) is 0 Å². The lowest BCUT2D eigenvalue weighted by molar-refractivity contribution is -0.177. The first-order chi connectivity index (χ1) is 17.0. The van der Waals surface area contributed by atoms with Crippen molar-refractivity contribution in [3.63, 3.8) is 0 Å². The second kappa shape index (κ2) is 24.9. The molecule has 0 bridgehead atoms. The summed E-state index contributed by atoms with van der Waals surface area (Å²) in [7, 11) is 0. The molecule has 35 heavy (non-hydrogen) atoms. The number of ether oxygens (including phenoxy) is 1. The fourth-order valence-corrected chi connectivity index (χ4v) is 4.37. The van der Waals surface area contributed by atoms with Gasteiger partial charge in [0.05, 0.1) is 13.2 Å². The molecule has 0 aliphatic carbocycles. The summed E-state index contributed by atoms with van der Waals surface area (Å²) >= 11 is 0. The van der Waals surface area contributed by atoms with E-state index in [0.717, 1.165) is 19.3 Å². The van der Waals surface area contributed by atoms with E-state index in [4.69, 9.17) is 14.9 Å². The minimum atomic E-state index is -1.67. The monoisotopic (exact) mass is 504 g/mol. The number of rotatable bonds is 26. The lowest BCUT2D eigenvalue weighted by Gasteiger charge is -2.28. The molecule has 0 aromatic carbocycles. The number of hydrogen-bond donors (Lipinski definition) is 5. The fourth-order valence-electron chi connectivity index (χ4n) is 4.37. The molecule has 0 aromatic rings. The van der Waals surface area contributed by atoms with Gasteiger partial charge < -0.3 is 30.3 Å². The largest absolute Gasteiger partial charge is 0.457 e. The number of aliphatic hydroxyl groups is 5. The highest BCUT2D eigenvalue weighted by atomic mass is 16.6. The standard InChI is InChI=1S/C28H56O7/c1-2-3-4-5-6-7-8-9-10-11-12-13-14-15-16-17-18-19-20-21-26(33)35-28(25(32)23-30)27(34)24(31)22-29/h24-25,27-32,34H,2-23H2,1H3/t24-,25-,27-,28-/m0/s1. The van der Waals surface area contributed by atoms with Crippen molar-refractivity contribution in [3.8, 4) is 0 Å². The average molecular weight is 505 g/mol. The Morgan fingerprint density at radius 2 is 0.914 bits per heavy atom. The highest BCUT2D eigenvalue weighted by molar-refractivity contribution is 5.69. The Labute approximate surface area is 214 Å². The molecule has 0 fully saturated rings. The minimum Gasteiger partial charge on any atom is -0.457 e. The number of hydrogen-bond acceptors (Lipinski definition) is 7. The summed E-state index contributed by atoms with van der Waals surface area (Å²) in [6.07, 6.45) is 18.1. The van der Waals surface area contributed by atoms with E-state index in [1.807, 2.05) is 0 Å². The molecule has 0 spiro atoms. The highest BCUT2D eigenvalue weighted by Gasteiger charge is 2.34.